The molecule has 0 aliphatic heterocycles. The molecule has 0 saturated heterocycles. The number of anilines is 2. The van der Waals surface area contributed by atoms with Gasteiger partial charge in [0.2, 0.25) is 0 Å². The van der Waals surface area contributed by atoms with Crippen LogP contribution in [0.5, 0.6) is 0 Å². The van der Waals surface area contributed by atoms with E-state index >= 15 is 0 Å². The van der Waals surface area contributed by atoms with Gasteiger partial charge >= 0.3 is 0 Å². The highest BCUT2D eigenvalue weighted by molar-refractivity contribution is 5.67. The van der Waals surface area contributed by atoms with Gasteiger partial charge in [0, 0.05) is 29.5 Å². The molecule has 2 nitrogen and oxygen atoms in total. The van der Waals surface area contributed by atoms with Crippen molar-refractivity contribution in [2.24, 2.45) is 5.73 Å². The number of nitrogens with two attached hydrogens (primary N) is 1. The lowest BCUT2D eigenvalue weighted by Gasteiger charge is -2.27. The summed E-state index contributed by atoms with van der Waals surface area (Å²) in [4.78, 5) is 2.08. The molecular weight excluding hydrogens is 251 g/mol. The number of hydrogen-bond acceptors (Lipinski definition) is 2. The largest absolute Gasteiger partial charge is 0.341 e. The number of hydrogen-bond donors (Lipinski definition) is 1. The molecule has 106 valence electrons. The van der Waals surface area contributed by atoms with Gasteiger partial charge in [-0.3, -0.25) is 0 Å². The fourth-order valence-corrected chi connectivity index (χ4v) is 2.43. The normalized spacial score (nSPS) is 12.2. The Morgan fingerprint density at radius 2 is 1.80 bits per heavy atom. The van der Waals surface area contributed by atoms with E-state index < -0.39 is 0 Å². The van der Waals surface area contributed by atoms with Crippen LogP contribution in [-0.2, 0) is 0 Å². The van der Waals surface area contributed by atoms with Crippen LogP contribution in [0, 0.1) is 12.7 Å². The molecule has 3 heteroatoms. The molecule has 0 aliphatic carbocycles. The van der Waals surface area contributed by atoms with Crippen LogP contribution in [0.15, 0.2) is 42.5 Å². The summed E-state index contributed by atoms with van der Waals surface area (Å²) >= 11 is 0. The Bertz CT molecular complexity index is 576. The van der Waals surface area contributed by atoms with Crippen LogP contribution >= 0.6 is 0 Å². The zero-order valence-corrected chi connectivity index (χ0v) is 12.2. The molecule has 0 spiro atoms. The first-order valence-corrected chi connectivity index (χ1v) is 6.92. The van der Waals surface area contributed by atoms with Crippen molar-refractivity contribution >= 4 is 11.4 Å². The third-order valence-electron chi connectivity index (χ3n) is 3.44. The van der Waals surface area contributed by atoms with Gasteiger partial charge in [0.25, 0.3) is 0 Å². The van der Waals surface area contributed by atoms with Crippen LogP contribution in [0.2, 0.25) is 0 Å². The van der Waals surface area contributed by atoms with E-state index in [9.17, 15) is 4.39 Å². The van der Waals surface area contributed by atoms with E-state index in [-0.39, 0.29) is 11.9 Å². The van der Waals surface area contributed by atoms with Crippen molar-refractivity contribution in [1.29, 1.82) is 0 Å². The molecule has 2 rings (SSSR count). The quantitative estimate of drug-likeness (QED) is 0.898. The number of nitrogens with zero attached hydrogens (tertiary/aromatic N) is 1. The summed E-state index contributed by atoms with van der Waals surface area (Å²) in [5.41, 5.74) is 9.60. The van der Waals surface area contributed by atoms with E-state index in [1.54, 1.807) is 6.07 Å². The van der Waals surface area contributed by atoms with Gasteiger partial charge in [-0.15, -0.1) is 0 Å². The van der Waals surface area contributed by atoms with Crippen LogP contribution < -0.4 is 10.6 Å². The second-order valence-electron chi connectivity index (χ2n) is 5.04. The first kappa shape index (κ1) is 14.5. The topological polar surface area (TPSA) is 29.3 Å². The van der Waals surface area contributed by atoms with Gasteiger partial charge in [-0.25, -0.2) is 4.39 Å². The predicted molar refractivity (Wildman–Crippen MR) is 82.9 cm³/mol. The van der Waals surface area contributed by atoms with Crippen molar-refractivity contribution in [1.82, 2.24) is 0 Å². The minimum absolute atomic E-state index is 0.247. The molecule has 0 fully saturated rings. The third kappa shape index (κ3) is 2.83. The Hall–Kier alpha value is -1.87. The lowest BCUT2D eigenvalue weighted by molar-refractivity contribution is 0.593. The zero-order valence-electron chi connectivity index (χ0n) is 12.2. The Balaban J connectivity index is 2.52. The number of halogens is 1. The van der Waals surface area contributed by atoms with E-state index in [1.807, 2.05) is 13.0 Å². The number of aryl methyl sites for hydroxylation is 1. The predicted octanol–water partition coefficient (Wildman–Crippen LogP) is 4.31. The first-order chi connectivity index (χ1) is 9.54. The summed E-state index contributed by atoms with van der Waals surface area (Å²) in [6.07, 6.45) is 0. The average molecular weight is 272 g/mol. The Kier molecular flexibility index (Phi) is 4.40. The standard InChI is InChI=1S/C17H21FN2/c1-4-20(14-10-8-12(2)9-11-14)16-7-5-6-15(18)17(16)13(3)19/h5-11,13H,4,19H2,1-3H3/t13-/m1/s1. The summed E-state index contributed by atoms with van der Waals surface area (Å²) in [6.45, 7) is 6.67. The van der Waals surface area contributed by atoms with Gasteiger partial charge in [-0.2, -0.15) is 0 Å². The second-order valence-corrected chi connectivity index (χ2v) is 5.04. The van der Waals surface area contributed by atoms with Crippen LogP contribution in [0.3, 0.4) is 0 Å². The Morgan fingerprint density at radius 3 is 2.35 bits per heavy atom. The van der Waals surface area contributed by atoms with Gasteiger partial charge in [0.05, 0.1) is 0 Å². The van der Waals surface area contributed by atoms with E-state index in [1.165, 1.54) is 11.6 Å². The monoisotopic (exact) mass is 272 g/mol. The summed E-state index contributed by atoms with van der Waals surface area (Å²) in [5, 5.41) is 0. The molecule has 0 heterocycles. The molecule has 2 N–H and O–H groups in total. The molecule has 0 aromatic heterocycles. The Labute approximate surface area is 120 Å². The second kappa shape index (κ2) is 6.06. The van der Waals surface area contributed by atoms with Gasteiger partial charge < -0.3 is 10.6 Å². The molecule has 0 radical (unpaired) electrons. The maximum absolute atomic E-state index is 14.1. The van der Waals surface area contributed by atoms with Gasteiger partial charge in [-0.1, -0.05) is 23.8 Å². The molecule has 0 unspecified atom stereocenters. The average Bonchev–Trinajstić information content (AvgIpc) is 2.41. The van der Waals surface area contributed by atoms with Gasteiger partial charge in [0.1, 0.15) is 5.82 Å². The summed E-state index contributed by atoms with van der Waals surface area (Å²) < 4.78 is 14.1. The molecule has 20 heavy (non-hydrogen) atoms. The maximum Gasteiger partial charge on any atom is 0.130 e. The van der Waals surface area contributed by atoms with Gasteiger partial charge in [-0.05, 0) is 45.0 Å². The van der Waals surface area contributed by atoms with Gasteiger partial charge in [0.15, 0.2) is 0 Å². The molecule has 1 atom stereocenters. The summed E-state index contributed by atoms with van der Waals surface area (Å²) in [6, 6.07) is 13.0. The van der Waals surface area contributed by atoms with Crippen LogP contribution in [-0.4, -0.2) is 6.54 Å². The van der Waals surface area contributed by atoms with E-state index in [0.717, 1.165) is 17.9 Å². The molecule has 0 amide bonds. The number of benzene rings is 2. The lowest BCUT2D eigenvalue weighted by atomic mass is 10.0. The fraction of sp³-hybridized carbons (Fsp3) is 0.294. The van der Waals surface area contributed by atoms with Crippen LogP contribution in [0.4, 0.5) is 15.8 Å². The number of rotatable bonds is 4. The van der Waals surface area contributed by atoms with Crippen molar-refractivity contribution in [3.63, 3.8) is 0 Å². The Morgan fingerprint density at radius 1 is 1.15 bits per heavy atom. The highest BCUT2D eigenvalue weighted by Gasteiger charge is 2.17. The van der Waals surface area contributed by atoms with Crippen molar-refractivity contribution in [3.8, 4) is 0 Å². The molecule has 2 aromatic carbocycles. The highest BCUT2D eigenvalue weighted by Crippen LogP contribution is 2.32. The molecule has 2 aromatic rings. The molecular formula is C17H21FN2. The summed E-state index contributed by atoms with van der Waals surface area (Å²) in [5.74, 6) is -0.247. The van der Waals surface area contributed by atoms with Crippen LogP contribution in [0.1, 0.15) is 31.0 Å². The molecule has 0 bridgehead atoms. The van der Waals surface area contributed by atoms with Crippen molar-refractivity contribution in [2.75, 3.05) is 11.4 Å². The third-order valence-corrected chi connectivity index (χ3v) is 3.44. The van der Waals surface area contributed by atoms with Crippen molar-refractivity contribution in [2.45, 2.75) is 26.8 Å². The van der Waals surface area contributed by atoms with E-state index in [0.29, 0.717) is 5.56 Å². The smallest absolute Gasteiger partial charge is 0.130 e. The van der Waals surface area contributed by atoms with E-state index in [4.69, 9.17) is 5.73 Å². The molecule has 0 saturated carbocycles. The lowest BCUT2D eigenvalue weighted by Crippen LogP contribution is -2.21. The van der Waals surface area contributed by atoms with Crippen molar-refractivity contribution in [3.05, 3.63) is 59.4 Å². The molecule has 0 aliphatic rings. The maximum atomic E-state index is 14.1. The fourth-order valence-electron chi connectivity index (χ4n) is 2.43. The summed E-state index contributed by atoms with van der Waals surface area (Å²) in [7, 11) is 0. The minimum Gasteiger partial charge on any atom is -0.341 e. The first-order valence-electron chi connectivity index (χ1n) is 6.92. The minimum atomic E-state index is -0.342. The highest BCUT2D eigenvalue weighted by atomic mass is 19.1. The zero-order chi connectivity index (χ0) is 14.7. The van der Waals surface area contributed by atoms with Crippen molar-refractivity contribution < 1.29 is 4.39 Å². The van der Waals surface area contributed by atoms with E-state index in [2.05, 4.69) is 43.0 Å². The SMILES string of the molecule is CCN(c1ccc(C)cc1)c1cccc(F)c1[C@@H](C)N. The van der Waals surface area contributed by atoms with Crippen LogP contribution in [0.25, 0.3) is 0 Å².